The molecular formula is C17H20FNO4S. The van der Waals surface area contributed by atoms with Crippen molar-refractivity contribution in [2.24, 2.45) is 0 Å². The lowest BCUT2D eigenvalue weighted by atomic mass is 10.2. The summed E-state index contributed by atoms with van der Waals surface area (Å²) in [6.45, 7) is 1.90. The molecule has 0 fully saturated rings. The molecule has 0 aliphatic carbocycles. The Morgan fingerprint density at radius 2 is 1.62 bits per heavy atom. The lowest BCUT2D eigenvalue weighted by molar-refractivity contribution is 0.287. The fourth-order valence-corrected chi connectivity index (χ4v) is 3.47. The molecule has 0 saturated carbocycles. The number of rotatable bonds is 8. The van der Waals surface area contributed by atoms with Gasteiger partial charge in [0.1, 0.15) is 23.9 Å². The van der Waals surface area contributed by atoms with Crippen LogP contribution in [0.1, 0.15) is 12.5 Å². The van der Waals surface area contributed by atoms with Crippen LogP contribution in [0.15, 0.2) is 48.5 Å². The number of hydrogen-bond donors (Lipinski definition) is 1. The van der Waals surface area contributed by atoms with Crippen molar-refractivity contribution < 1.29 is 22.3 Å². The van der Waals surface area contributed by atoms with Gasteiger partial charge in [-0.3, -0.25) is 0 Å². The first-order valence-electron chi connectivity index (χ1n) is 7.39. The van der Waals surface area contributed by atoms with Gasteiger partial charge in [0.15, 0.2) is 0 Å². The number of nitrogens with one attached hydrogen (secondary N) is 1. The average molecular weight is 353 g/mol. The van der Waals surface area contributed by atoms with Gasteiger partial charge in [0.2, 0.25) is 10.0 Å². The molecule has 0 radical (unpaired) electrons. The third-order valence-electron chi connectivity index (χ3n) is 3.21. The highest BCUT2D eigenvalue weighted by Crippen LogP contribution is 2.17. The van der Waals surface area contributed by atoms with Crippen LogP contribution in [0.3, 0.4) is 0 Å². The van der Waals surface area contributed by atoms with Gasteiger partial charge < -0.3 is 9.47 Å². The Hall–Kier alpha value is -2.12. The van der Waals surface area contributed by atoms with Gasteiger partial charge in [-0.1, -0.05) is 12.1 Å². The summed E-state index contributed by atoms with van der Waals surface area (Å²) >= 11 is 0. The summed E-state index contributed by atoms with van der Waals surface area (Å²) in [5.41, 5.74) is 0.521. The molecule has 7 heteroatoms. The van der Waals surface area contributed by atoms with Gasteiger partial charge >= 0.3 is 0 Å². The van der Waals surface area contributed by atoms with E-state index in [1.165, 1.54) is 24.3 Å². The standard InChI is InChI=1S/C17H20FNO4S/c1-13(11-23-17-9-7-16(22-2)8-10-17)19-24(20,21)12-14-3-5-15(18)6-4-14/h3-10,13,19H,11-12H2,1-2H3/t13-/m1/s1. The van der Waals surface area contributed by atoms with Crippen molar-refractivity contribution in [3.63, 3.8) is 0 Å². The first-order valence-corrected chi connectivity index (χ1v) is 9.04. The number of sulfonamides is 1. The zero-order chi connectivity index (χ0) is 17.6. The Morgan fingerprint density at radius 3 is 2.21 bits per heavy atom. The van der Waals surface area contributed by atoms with Crippen molar-refractivity contribution in [1.82, 2.24) is 4.72 Å². The molecule has 0 aromatic heterocycles. The maximum Gasteiger partial charge on any atom is 0.216 e. The van der Waals surface area contributed by atoms with E-state index < -0.39 is 21.9 Å². The van der Waals surface area contributed by atoms with Crippen molar-refractivity contribution in [2.75, 3.05) is 13.7 Å². The van der Waals surface area contributed by atoms with Crippen LogP contribution in [0.4, 0.5) is 4.39 Å². The molecule has 5 nitrogen and oxygen atoms in total. The van der Waals surface area contributed by atoms with Crippen LogP contribution in [0.25, 0.3) is 0 Å². The summed E-state index contributed by atoms with van der Waals surface area (Å²) in [6.07, 6.45) is 0. The first-order chi connectivity index (χ1) is 11.4. The molecule has 1 N–H and O–H groups in total. The number of halogens is 1. The largest absolute Gasteiger partial charge is 0.497 e. The molecule has 130 valence electrons. The highest BCUT2D eigenvalue weighted by Gasteiger charge is 2.16. The summed E-state index contributed by atoms with van der Waals surface area (Å²) < 4.78 is 50.2. The smallest absolute Gasteiger partial charge is 0.216 e. The minimum absolute atomic E-state index is 0.189. The molecule has 0 saturated heterocycles. The molecule has 0 aliphatic heterocycles. The van der Waals surface area contributed by atoms with Gasteiger partial charge in [-0.15, -0.1) is 0 Å². The molecule has 0 amide bonds. The third-order valence-corrected chi connectivity index (χ3v) is 4.68. The van der Waals surface area contributed by atoms with Crippen molar-refractivity contribution in [3.05, 3.63) is 59.9 Å². The summed E-state index contributed by atoms with van der Waals surface area (Å²) in [5, 5.41) is 0. The van der Waals surface area contributed by atoms with Crippen molar-refractivity contribution in [1.29, 1.82) is 0 Å². The van der Waals surface area contributed by atoms with E-state index in [9.17, 15) is 12.8 Å². The summed E-state index contributed by atoms with van der Waals surface area (Å²) in [4.78, 5) is 0. The first kappa shape index (κ1) is 18.2. The summed E-state index contributed by atoms with van der Waals surface area (Å²) in [6, 6.07) is 12.0. The highest BCUT2D eigenvalue weighted by atomic mass is 32.2. The molecular weight excluding hydrogens is 333 g/mol. The van der Waals surface area contributed by atoms with E-state index in [-0.39, 0.29) is 12.4 Å². The number of hydrogen-bond acceptors (Lipinski definition) is 4. The minimum atomic E-state index is -3.53. The molecule has 0 spiro atoms. The molecule has 24 heavy (non-hydrogen) atoms. The average Bonchev–Trinajstić information content (AvgIpc) is 2.55. The predicted octanol–water partition coefficient (Wildman–Crippen LogP) is 2.72. The molecule has 0 bridgehead atoms. The van der Waals surface area contributed by atoms with Crippen molar-refractivity contribution in [2.45, 2.75) is 18.7 Å². The summed E-state index contributed by atoms with van der Waals surface area (Å²) in [7, 11) is -1.96. The molecule has 1 atom stereocenters. The Balaban J connectivity index is 1.85. The maximum absolute atomic E-state index is 12.8. The molecule has 0 heterocycles. The summed E-state index contributed by atoms with van der Waals surface area (Å²) in [5.74, 6) is 0.737. The van der Waals surface area contributed by atoms with Crippen molar-refractivity contribution in [3.8, 4) is 11.5 Å². The lowest BCUT2D eigenvalue weighted by Crippen LogP contribution is -2.37. The van der Waals surface area contributed by atoms with Crippen LogP contribution in [0.5, 0.6) is 11.5 Å². The Kier molecular flexibility index (Phi) is 6.16. The van der Waals surface area contributed by atoms with E-state index in [4.69, 9.17) is 9.47 Å². The minimum Gasteiger partial charge on any atom is -0.497 e. The van der Waals surface area contributed by atoms with Gasteiger partial charge in [0.25, 0.3) is 0 Å². The predicted molar refractivity (Wildman–Crippen MR) is 90.1 cm³/mol. The fourth-order valence-electron chi connectivity index (χ4n) is 2.08. The molecule has 2 aromatic rings. The number of methoxy groups -OCH3 is 1. The van der Waals surface area contributed by atoms with Crippen LogP contribution in [-0.4, -0.2) is 28.2 Å². The molecule has 2 aromatic carbocycles. The van der Waals surface area contributed by atoms with Gasteiger partial charge in [-0.2, -0.15) is 0 Å². The Bertz CT molecular complexity index is 745. The Labute approximate surface area is 141 Å². The second-order valence-corrected chi connectivity index (χ2v) is 7.14. The topological polar surface area (TPSA) is 64.6 Å². The van der Waals surface area contributed by atoms with Crippen molar-refractivity contribution >= 4 is 10.0 Å². The van der Waals surface area contributed by atoms with Gasteiger partial charge in [-0.05, 0) is 48.9 Å². The second-order valence-electron chi connectivity index (χ2n) is 5.39. The quantitative estimate of drug-likeness (QED) is 0.792. The molecule has 0 unspecified atom stereocenters. The van der Waals surface area contributed by atoms with Gasteiger partial charge in [0, 0.05) is 0 Å². The third kappa shape index (κ3) is 5.82. The number of benzene rings is 2. The van der Waals surface area contributed by atoms with E-state index in [0.29, 0.717) is 11.3 Å². The fraction of sp³-hybridized carbons (Fsp3) is 0.294. The van der Waals surface area contributed by atoms with Crippen LogP contribution in [-0.2, 0) is 15.8 Å². The van der Waals surface area contributed by atoms with E-state index >= 15 is 0 Å². The Morgan fingerprint density at radius 1 is 1.04 bits per heavy atom. The van der Waals surface area contributed by atoms with Crippen LogP contribution >= 0.6 is 0 Å². The maximum atomic E-state index is 12.8. The monoisotopic (exact) mass is 353 g/mol. The van der Waals surface area contributed by atoms with E-state index in [1.807, 2.05) is 0 Å². The lowest BCUT2D eigenvalue weighted by Gasteiger charge is -2.15. The SMILES string of the molecule is COc1ccc(OC[C@@H](C)NS(=O)(=O)Cc2ccc(F)cc2)cc1. The van der Waals surface area contributed by atoms with E-state index in [2.05, 4.69) is 4.72 Å². The highest BCUT2D eigenvalue weighted by molar-refractivity contribution is 7.88. The molecule has 0 aliphatic rings. The number of ether oxygens (including phenoxy) is 2. The molecule has 2 rings (SSSR count). The van der Waals surface area contributed by atoms with Gasteiger partial charge in [-0.25, -0.2) is 17.5 Å². The zero-order valence-electron chi connectivity index (χ0n) is 13.5. The van der Waals surface area contributed by atoms with Crippen LogP contribution in [0, 0.1) is 5.82 Å². The normalized spacial score (nSPS) is 12.6. The second kappa shape index (κ2) is 8.12. The van der Waals surface area contributed by atoms with Crippen LogP contribution < -0.4 is 14.2 Å². The zero-order valence-corrected chi connectivity index (χ0v) is 14.3. The van der Waals surface area contributed by atoms with E-state index in [0.717, 1.165) is 5.75 Å². The van der Waals surface area contributed by atoms with E-state index in [1.54, 1.807) is 38.3 Å². The van der Waals surface area contributed by atoms with Gasteiger partial charge in [0.05, 0.1) is 18.9 Å². The van der Waals surface area contributed by atoms with Crippen LogP contribution in [0.2, 0.25) is 0 Å².